The van der Waals surface area contributed by atoms with Gasteiger partial charge in [0, 0.05) is 6.04 Å². The summed E-state index contributed by atoms with van der Waals surface area (Å²) in [6.07, 6.45) is 2.08. The monoisotopic (exact) mass is 236 g/mol. The number of halogens is 1. The standard InChI is InChI=1S/C13H17FN2O/c1-8-3-4-9(7-11(8)14)13(2,12(15)17)16-10-5-6-10/h3-4,7,10,16H,5-6H2,1-2H3,(H2,15,17). The van der Waals surface area contributed by atoms with Gasteiger partial charge in [-0.1, -0.05) is 12.1 Å². The molecule has 1 amide bonds. The van der Waals surface area contributed by atoms with Crippen molar-refractivity contribution in [1.82, 2.24) is 5.32 Å². The van der Waals surface area contributed by atoms with E-state index in [-0.39, 0.29) is 5.82 Å². The summed E-state index contributed by atoms with van der Waals surface area (Å²) >= 11 is 0. The van der Waals surface area contributed by atoms with Crippen molar-refractivity contribution >= 4 is 5.91 Å². The van der Waals surface area contributed by atoms with E-state index < -0.39 is 11.4 Å². The highest BCUT2D eigenvalue weighted by atomic mass is 19.1. The van der Waals surface area contributed by atoms with Crippen LogP contribution in [0.1, 0.15) is 30.9 Å². The predicted octanol–water partition coefficient (Wildman–Crippen LogP) is 1.59. The van der Waals surface area contributed by atoms with E-state index in [0.29, 0.717) is 17.2 Å². The molecule has 4 heteroatoms. The van der Waals surface area contributed by atoms with Gasteiger partial charge in [-0.05, 0) is 43.9 Å². The first-order valence-corrected chi connectivity index (χ1v) is 5.77. The van der Waals surface area contributed by atoms with Gasteiger partial charge >= 0.3 is 0 Å². The van der Waals surface area contributed by atoms with Crippen molar-refractivity contribution in [3.05, 3.63) is 35.1 Å². The van der Waals surface area contributed by atoms with Crippen LogP contribution in [0.4, 0.5) is 4.39 Å². The number of nitrogens with two attached hydrogens (primary N) is 1. The molecule has 0 aliphatic heterocycles. The van der Waals surface area contributed by atoms with Crippen molar-refractivity contribution in [3.8, 4) is 0 Å². The van der Waals surface area contributed by atoms with Gasteiger partial charge in [0.05, 0.1) is 0 Å². The Morgan fingerprint density at radius 1 is 1.53 bits per heavy atom. The number of hydrogen-bond donors (Lipinski definition) is 2. The molecule has 0 aromatic heterocycles. The largest absolute Gasteiger partial charge is 0.368 e. The van der Waals surface area contributed by atoms with E-state index in [4.69, 9.17) is 5.73 Å². The van der Waals surface area contributed by atoms with Crippen molar-refractivity contribution in [1.29, 1.82) is 0 Å². The van der Waals surface area contributed by atoms with E-state index in [2.05, 4.69) is 5.32 Å². The molecule has 0 saturated heterocycles. The summed E-state index contributed by atoms with van der Waals surface area (Å²) < 4.78 is 13.5. The molecule has 3 nitrogen and oxygen atoms in total. The van der Waals surface area contributed by atoms with Crippen molar-refractivity contribution in [2.24, 2.45) is 5.73 Å². The van der Waals surface area contributed by atoms with Crippen LogP contribution in [-0.2, 0) is 10.3 Å². The molecule has 92 valence electrons. The normalized spacial score (nSPS) is 18.8. The van der Waals surface area contributed by atoms with Gasteiger partial charge in [0.2, 0.25) is 5.91 Å². The molecule has 0 spiro atoms. The average Bonchev–Trinajstić information content (AvgIpc) is 3.05. The molecule has 3 N–H and O–H groups in total. The van der Waals surface area contributed by atoms with Gasteiger partial charge in [0.25, 0.3) is 0 Å². The number of carbonyl (C=O) groups excluding carboxylic acids is 1. The molecule has 2 rings (SSSR count). The summed E-state index contributed by atoms with van der Waals surface area (Å²) in [5.41, 5.74) is 5.60. The second-order valence-electron chi connectivity index (χ2n) is 4.87. The van der Waals surface area contributed by atoms with Crippen molar-refractivity contribution < 1.29 is 9.18 Å². The van der Waals surface area contributed by atoms with Crippen LogP contribution in [0.25, 0.3) is 0 Å². The number of aryl methyl sites for hydroxylation is 1. The van der Waals surface area contributed by atoms with Gasteiger partial charge in [-0.2, -0.15) is 0 Å². The molecule has 1 aliphatic rings. The van der Waals surface area contributed by atoms with Gasteiger partial charge in [-0.15, -0.1) is 0 Å². The molecule has 0 heterocycles. The fraction of sp³-hybridized carbons (Fsp3) is 0.462. The first kappa shape index (κ1) is 12.0. The lowest BCUT2D eigenvalue weighted by Gasteiger charge is -2.28. The Balaban J connectivity index is 2.36. The Morgan fingerprint density at radius 2 is 2.18 bits per heavy atom. The third-order valence-electron chi connectivity index (χ3n) is 3.31. The fourth-order valence-corrected chi connectivity index (χ4v) is 1.84. The fourth-order valence-electron chi connectivity index (χ4n) is 1.84. The summed E-state index contributed by atoms with van der Waals surface area (Å²) in [6.45, 7) is 3.40. The number of rotatable bonds is 4. The molecular formula is C13H17FN2O. The second kappa shape index (κ2) is 4.11. The summed E-state index contributed by atoms with van der Waals surface area (Å²) in [7, 11) is 0. The minimum atomic E-state index is -0.990. The van der Waals surface area contributed by atoms with E-state index in [9.17, 15) is 9.18 Å². The Bertz CT molecular complexity index is 457. The van der Waals surface area contributed by atoms with Crippen LogP contribution in [-0.4, -0.2) is 11.9 Å². The molecule has 1 aromatic carbocycles. The van der Waals surface area contributed by atoms with E-state index in [0.717, 1.165) is 12.8 Å². The van der Waals surface area contributed by atoms with Crippen LogP contribution in [0.3, 0.4) is 0 Å². The molecule has 1 unspecified atom stereocenters. The van der Waals surface area contributed by atoms with Gasteiger partial charge < -0.3 is 5.73 Å². The van der Waals surface area contributed by atoms with Gasteiger partial charge in [-0.25, -0.2) is 4.39 Å². The van der Waals surface area contributed by atoms with Crippen LogP contribution in [0, 0.1) is 12.7 Å². The first-order chi connectivity index (χ1) is 7.93. The van der Waals surface area contributed by atoms with Gasteiger partial charge in [-0.3, -0.25) is 10.1 Å². The lowest BCUT2D eigenvalue weighted by molar-refractivity contribution is -0.124. The molecule has 17 heavy (non-hydrogen) atoms. The zero-order valence-electron chi connectivity index (χ0n) is 10.1. The molecule has 1 saturated carbocycles. The topological polar surface area (TPSA) is 55.1 Å². The maximum absolute atomic E-state index is 13.5. The Labute approximate surface area is 100 Å². The van der Waals surface area contributed by atoms with Gasteiger partial charge in [0.15, 0.2) is 0 Å². The van der Waals surface area contributed by atoms with Crippen molar-refractivity contribution in [3.63, 3.8) is 0 Å². The maximum Gasteiger partial charge on any atom is 0.242 e. The zero-order chi connectivity index (χ0) is 12.6. The van der Waals surface area contributed by atoms with E-state index in [1.807, 2.05) is 0 Å². The summed E-state index contributed by atoms with van der Waals surface area (Å²) in [5, 5.41) is 3.19. The molecule has 1 fully saturated rings. The number of carbonyl (C=O) groups is 1. The third kappa shape index (κ3) is 2.31. The molecular weight excluding hydrogens is 219 g/mol. The summed E-state index contributed by atoms with van der Waals surface area (Å²) in [4.78, 5) is 11.6. The molecule has 1 atom stereocenters. The SMILES string of the molecule is Cc1ccc(C(C)(NC2CC2)C(N)=O)cc1F. The summed E-state index contributed by atoms with van der Waals surface area (Å²) in [6, 6.07) is 5.12. The Hall–Kier alpha value is -1.42. The Morgan fingerprint density at radius 3 is 2.65 bits per heavy atom. The van der Waals surface area contributed by atoms with Crippen LogP contribution in [0.5, 0.6) is 0 Å². The van der Waals surface area contributed by atoms with Crippen LogP contribution < -0.4 is 11.1 Å². The zero-order valence-corrected chi connectivity index (χ0v) is 10.1. The number of nitrogens with one attached hydrogen (secondary N) is 1. The predicted molar refractivity (Wildman–Crippen MR) is 63.8 cm³/mol. The number of hydrogen-bond acceptors (Lipinski definition) is 2. The van der Waals surface area contributed by atoms with Crippen LogP contribution >= 0.6 is 0 Å². The van der Waals surface area contributed by atoms with Crippen molar-refractivity contribution in [2.45, 2.75) is 38.3 Å². The number of benzene rings is 1. The first-order valence-electron chi connectivity index (χ1n) is 5.77. The molecule has 0 radical (unpaired) electrons. The minimum absolute atomic E-state index is 0.312. The lowest BCUT2D eigenvalue weighted by atomic mass is 9.90. The lowest BCUT2D eigenvalue weighted by Crippen LogP contribution is -2.51. The van der Waals surface area contributed by atoms with Gasteiger partial charge in [0.1, 0.15) is 11.4 Å². The second-order valence-corrected chi connectivity index (χ2v) is 4.87. The minimum Gasteiger partial charge on any atom is -0.368 e. The molecule has 1 aromatic rings. The van der Waals surface area contributed by atoms with E-state index in [1.54, 1.807) is 26.0 Å². The van der Waals surface area contributed by atoms with Crippen molar-refractivity contribution in [2.75, 3.05) is 0 Å². The maximum atomic E-state index is 13.5. The van der Waals surface area contributed by atoms with Crippen LogP contribution in [0.2, 0.25) is 0 Å². The smallest absolute Gasteiger partial charge is 0.242 e. The quantitative estimate of drug-likeness (QED) is 0.834. The van der Waals surface area contributed by atoms with E-state index >= 15 is 0 Å². The van der Waals surface area contributed by atoms with Crippen LogP contribution in [0.15, 0.2) is 18.2 Å². The van der Waals surface area contributed by atoms with E-state index in [1.165, 1.54) is 6.07 Å². The third-order valence-corrected chi connectivity index (χ3v) is 3.31. The molecule has 1 aliphatic carbocycles. The summed E-state index contributed by atoms with van der Waals surface area (Å²) in [5.74, 6) is -0.791. The molecule has 0 bridgehead atoms. The Kier molecular flexibility index (Phi) is 2.91. The number of primary amides is 1. The highest BCUT2D eigenvalue weighted by molar-refractivity contribution is 5.85. The average molecular weight is 236 g/mol. The number of amides is 1. The highest BCUT2D eigenvalue weighted by Gasteiger charge is 2.38. The highest BCUT2D eigenvalue weighted by Crippen LogP contribution is 2.29.